The molecule has 0 bridgehead atoms. The van der Waals surface area contributed by atoms with Crippen LogP contribution in [0.3, 0.4) is 0 Å². The zero-order valence-electron chi connectivity index (χ0n) is 66.0. The highest BCUT2D eigenvalue weighted by molar-refractivity contribution is 5.76. The van der Waals surface area contributed by atoms with Crippen LogP contribution >= 0.6 is 0 Å². The average molecular weight is 1490 g/mol. The van der Waals surface area contributed by atoms with E-state index in [0.717, 1.165) is 51.4 Å². The van der Waals surface area contributed by atoms with Gasteiger partial charge in [0.05, 0.1) is 38.6 Å². The molecule has 3 aliphatic heterocycles. The van der Waals surface area contributed by atoms with Crippen molar-refractivity contribution in [2.24, 2.45) is 0 Å². The van der Waals surface area contributed by atoms with Crippen molar-refractivity contribution in [3.63, 3.8) is 0 Å². The third-order valence-corrected chi connectivity index (χ3v) is 22.0. The number of unbranched alkanes of at least 4 members (excludes halogenated alkanes) is 51. The largest absolute Gasteiger partial charge is 0.394 e. The topological polar surface area (TPSA) is 307 Å². The molecule has 0 radical (unpaired) electrons. The van der Waals surface area contributed by atoms with Gasteiger partial charge in [0.1, 0.15) is 73.2 Å². The molecule has 0 aromatic rings. The van der Waals surface area contributed by atoms with Crippen LogP contribution in [0.15, 0.2) is 24.3 Å². The molecule has 3 fully saturated rings. The summed E-state index contributed by atoms with van der Waals surface area (Å²) in [6, 6.07) is -0.885. The molecule has 12 N–H and O–H groups in total. The number of carbonyl (C=O) groups is 1. The first-order valence-corrected chi connectivity index (χ1v) is 43.6. The minimum absolute atomic E-state index is 0.234. The summed E-state index contributed by atoms with van der Waals surface area (Å²) < 4.78 is 34.5. The van der Waals surface area contributed by atoms with E-state index in [2.05, 4.69) is 43.5 Å². The van der Waals surface area contributed by atoms with E-state index in [9.17, 15) is 61.0 Å². The highest BCUT2D eigenvalue weighted by Gasteiger charge is 2.54. The van der Waals surface area contributed by atoms with E-state index >= 15 is 0 Å². The molecule has 0 spiro atoms. The predicted octanol–water partition coefficient (Wildman–Crippen LogP) is 15.7. The molecule has 0 aromatic heterocycles. The maximum absolute atomic E-state index is 13.5. The summed E-state index contributed by atoms with van der Waals surface area (Å²) in [4.78, 5) is 13.5. The molecule has 19 heteroatoms. The Hall–Kier alpha value is -1.73. The van der Waals surface area contributed by atoms with Crippen LogP contribution < -0.4 is 5.32 Å². The molecule has 17 unspecified atom stereocenters. The highest BCUT2D eigenvalue weighted by atomic mass is 16.8. The number of hydrogen-bond acceptors (Lipinski definition) is 18. The molecule has 104 heavy (non-hydrogen) atoms. The number of allylic oxidation sites excluding steroid dienone is 4. The summed E-state index contributed by atoms with van der Waals surface area (Å²) in [5, 5.41) is 121. The second-order valence-electron chi connectivity index (χ2n) is 31.4. The molecule has 614 valence electrons. The second-order valence-corrected chi connectivity index (χ2v) is 31.4. The van der Waals surface area contributed by atoms with Gasteiger partial charge in [0.2, 0.25) is 5.91 Å². The molecule has 1 amide bonds. The van der Waals surface area contributed by atoms with Crippen LogP contribution in [-0.2, 0) is 33.2 Å². The van der Waals surface area contributed by atoms with Gasteiger partial charge in [-0.2, -0.15) is 0 Å². The van der Waals surface area contributed by atoms with Gasteiger partial charge in [0, 0.05) is 6.42 Å². The van der Waals surface area contributed by atoms with E-state index in [4.69, 9.17) is 28.4 Å². The quantitative estimate of drug-likeness (QED) is 0.0199. The van der Waals surface area contributed by atoms with Gasteiger partial charge < -0.3 is 89.9 Å². The Balaban J connectivity index is 1.27. The summed E-state index contributed by atoms with van der Waals surface area (Å²) in [6.45, 7) is 1.85. The first kappa shape index (κ1) is 96.5. The lowest BCUT2D eigenvalue weighted by molar-refractivity contribution is -0.379. The van der Waals surface area contributed by atoms with E-state index in [1.54, 1.807) is 0 Å². The molecule has 17 atom stereocenters. The monoisotopic (exact) mass is 1480 g/mol. The fourth-order valence-electron chi connectivity index (χ4n) is 15.1. The third kappa shape index (κ3) is 44.9. The Morgan fingerprint density at radius 1 is 0.346 bits per heavy atom. The minimum Gasteiger partial charge on any atom is -0.394 e. The number of carbonyl (C=O) groups excluding carboxylic acids is 1. The van der Waals surface area contributed by atoms with Crippen LogP contribution in [0.4, 0.5) is 0 Å². The van der Waals surface area contributed by atoms with Crippen LogP contribution in [0.5, 0.6) is 0 Å². The molecule has 3 saturated heterocycles. The summed E-state index contributed by atoms with van der Waals surface area (Å²) in [7, 11) is 0. The van der Waals surface area contributed by atoms with Crippen LogP contribution in [-0.4, -0.2) is 193 Å². The van der Waals surface area contributed by atoms with Crippen molar-refractivity contribution in [3.05, 3.63) is 24.3 Å². The van der Waals surface area contributed by atoms with Gasteiger partial charge in [-0.25, -0.2) is 0 Å². The van der Waals surface area contributed by atoms with Gasteiger partial charge in [-0.1, -0.05) is 353 Å². The molecule has 3 rings (SSSR count). The van der Waals surface area contributed by atoms with E-state index in [1.807, 2.05) is 0 Å². The van der Waals surface area contributed by atoms with Crippen molar-refractivity contribution in [1.29, 1.82) is 0 Å². The Bertz CT molecular complexity index is 1970. The van der Waals surface area contributed by atoms with Gasteiger partial charge >= 0.3 is 0 Å². The zero-order valence-corrected chi connectivity index (χ0v) is 66.0. The normalized spacial score (nSPS) is 26.0. The Labute approximate surface area is 632 Å². The first-order valence-electron chi connectivity index (χ1n) is 43.6. The van der Waals surface area contributed by atoms with Gasteiger partial charge in [0.15, 0.2) is 18.9 Å². The minimum atomic E-state index is -1.97. The van der Waals surface area contributed by atoms with E-state index < -0.39 is 124 Å². The van der Waals surface area contributed by atoms with Crippen LogP contribution in [0.25, 0.3) is 0 Å². The number of rotatable bonds is 71. The molecule has 3 aliphatic rings. The van der Waals surface area contributed by atoms with E-state index in [-0.39, 0.29) is 18.9 Å². The fraction of sp³-hybridized carbons (Fsp3) is 0.941. The lowest BCUT2D eigenvalue weighted by Crippen LogP contribution is -2.66. The van der Waals surface area contributed by atoms with Crippen molar-refractivity contribution in [2.75, 3.05) is 26.4 Å². The van der Waals surface area contributed by atoms with E-state index in [0.29, 0.717) is 12.8 Å². The smallest absolute Gasteiger partial charge is 0.220 e. The third-order valence-electron chi connectivity index (χ3n) is 22.0. The Morgan fingerprint density at radius 2 is 0.635 bits per heavy atom. The van der Waals surface area contributed by atoms with Gasteiger partial charge in [-0.3, -0.25) is 4.79 Å². The molecule has 19 nitrogen and oxygen atoms in total. The number of nitrogens with one attached hydrogen (secondary N) is 1. The molecule has 3 heterocycles. The van der Waals surface area contributed by atoms with Crippen molar-refractivity contribution >= 4 is 5.91 Å². The molecule has 0 aliphatic carbocycles. The molecule has 0 saturated carbocycles. The van der Waals surface area contributed by atoms with Crippen molar-refractivity contribution in [2.45, 2.75) is 484 Å². The number of aliphatic hydroxyl groups excluding tert-OH is 11. The zero-order chi connectivity index (χ0) is 75.3. The first-order chi connectivity index (χ1) is 50.8. The van der Waals surface area contributed by atoms with Gasteiger partial charge in [-0.15, -0.1) is 0 Å². The maximum Gasteiger partial charge on any atom is 0.220 e. The fourth-order valence-corrected chi connectivity index (χ4v) is 15.1. The van der Waals surface area contributed by atoms with Crippen LogP contribution in [0, 0.1) is 0 Å². The second kappa shape index (κ2) is 65.9. The van der Waals surface area contributed by atoms with Gasteiger partial charge in [0.25, 0.3) is 0 Å². The SMILES string of the molecule is CCCCCCC/C=C\C/C=C\CCCCCCCCCCCCCCCCCCCCCCCCCCCCCCCC(=O)NC(COC1OC(CO)C(OC2OC(CO)C(OC3OC(CO)C(O)C(O)C3O)C(O)C2O)C(O)C1O)C(O)CCCCCCCCCCCCCCCCCCCC. The lowest BCUT2D eigenvalue weighted by Gasteiger charge is -2.48. The summed E-state index contributed by atoms with van der Waals surface area (Å²) in [5.74, 6) is -0.234. The lowest BCUT2D eigenvalue weighted by atomic mass is 9.96. The Morgan fingerprint density at radius 3 is 0.981 bits per heavy atom. The van der Waals surface area contributed by atoms with E-state index in [1.165, 1.54) is 295 Å². The molecular formula is C85H161NO18. The Kier molecular flexibility index (Phi) is 61.2. The van der Waals surface area contributed by atoms with Crippen molar-refractivity contribution in [3.8, 4) is 0 Å². The molecule has 0 aromatic carbocycles. The summed E-state index contributed by atoms with van der Waals surface area (Å²) in [5.41, 5.74) is 0. The van der Waals surface area contributed by atoms with Gasteiger partial charge in [-0.05, 0) is 44.9 Å². The average Bonchev–Trinajstić information content (AvgIpc) is 0.783. The van der Waals surface area contributed by atoms with Crippen LogP contribution in [0.2, 0.25) is 0 Å². The number of aliphatic hydroxyl groups is 11. The number of hydrogen-bond donors (Lipinski definition) is 12. The van der Waals surface area contributed by atoms with Crippen molar-refractivity contribution in [1.82, 2.24) is 5.32 Å². The standard InChI is InChI=1S/C85H161NO18/c1-3-5-7-9-11-13-15-17-19-21-23-24-25-26-27-28-29-30-31-32-33-34-35-36-37-38-39-40-41-42-43-44-45-47-49-51-53-55-57-59-61-63-73(91)86-68(69(90)62-60-58-56-54-52-50-48-46-22-20-18-16-14-12-10-8-6-4-2)67-99-83-79(97)76(94)81(71(65-88)101-83)104-85-80(98)77(95)82(72(66-89)102-85)103-84-78(96)75(93)74(92)70(64-87)100-84/h15,17,21,23,68-72,74-85,87-90,92-98H,3-14,16,18-20,22,24-67H2,1-2H3,(H,86,91)/b17-15-,23-21-. The maximum atomic E-state index is 13.5. The number of ether oxygens (including phenoxy) is 6. The highest BCUT2D eigenvalue weighted by Crippen LogP contribution is 2.34. The summed E-state index contributed by atoms with van der Waals surface area (Å²) >= 11 is 0. The van der Waals surface area contributed by atoms with Crippen molar-refractivity contribution < 1.29 is 89.4 Å². The summed E-state index contributed by atoms with van der Waals surface area (Å²) in [6.07, 6.45) is 54.5. The number of amides is 1. The predicted molar refractivity (Wildman–Crippen MR) is 416 cm³/mol. The van der Waals surface area contributed by atoms with Crippen LogP contribution in [0.1, 0.15) is 380 Å². The molecular weight excluding hydrogens is 1320 g/mol.